The smallest absolute Gasteiger partial charge is 0.308 e. The summed E-state index contributed by atoms with van der Waals surface area (Å²) in [6.07, 6.45) is 13.9. The van der Waals surface area contributed by atoms with Gasteiger partial charge in [-0.1, -0.05) is 85.5 Å². The molecule has 0 fully saturated rings. The Bertz CT molecular complexity index is 870. The third-order valence-corrected chi connectivity index (χ3v) is 9.20. The van der Waals surface area contributed by atoms with Crippen molar-refractivity contribution in [2.24, 2.45) is 11.8 Å². The maximum Gasteiger partial charge on any atom is 0.308 e. The lowest BCUT2D eigenvalue weighted by molar-refractivity contribution is -0.164. The minimum atomic E-state index is -0.660. The lowest BCUT2D eigenvalue weighted by Crippen LogP contribution is -2.32. The maximum atomic E-state index is 12.8. The summed E-state index contributed by atoms with van der Waals surface area (Å²) in [6, 6.07) is 0. The van der Waals surface area contributed by atoms with Gasteiger partial charge in [-0.2, -0.15) is 0 Å². The minimum absolute atomic E-state index is 0.0290. The monoisotopic (exact) mass is 759 g/mol. The second-order valence-electron chi connectivity index (χ2n) is 14.8. The van der Waals surface area contributed by atoms with Gasteiger partial charge in [0.1, 0.15) is 13.2 Å². The molecule has 0 aliphatic carbocycles. The number of carbonyl (C=O) groups is 4. The minimum Gasteiger partial charge on any atom is -0.461 e. The van der Waals surface area contributed by atoms with Crippen molar-refractivity contribution in [1.82, 2.24) is 9.80 Å². The lowest BCUT2D eigenvalue weighted by atomic mass is 10.0. The molecule has 312 valence electrons. The van der Waals surface area contributed by atoms with E-state index < -0.39 is 12.2 Å². The Hall–Kier alpha value is -2.28. The van der Waals surface area contributed by atoms with Gasteiger partial charge in [-0.15, -0.1) is 0 Å². The summed E-state index contributed by atoms with van der Waals surface area (Å²) in [5.41, 5.74) is 0. The van der Waals surface area contributed by atoms with E-state index in [2.05, 4.69) is 37.7 Å². The van der Waals surface area contributed by atoms with Crippen LogP contribution in [-0.2, 0) is 47.6 Å². The first-order valence-electron chi connectivity index (χ1n) is 20.5. The highest BCUT2D eigenvalue weighted by Crippen LogP contribution is 2.15. The lowest BCUT2D eigenvalue weighted by Gasteiger charge is -2.23. The van der Waals surface area contributed by atoms with Gasteiger partial charge in [-0.25, -0.2) is 0 Å². The fraction of sp³-hybridized carbons (Fsp3) is 0.902. The van der Waals surface area contributed by atoms with Crippen LogP contribution in [0, 0.1) is 11.8 Å². The van der Waals surface area contributed by atoms with Crippen molar-refractivity contribution in [3.05, 3.63) is 0 Å². The first-order valence-corrected chi connectivity index (χ1v) is 20.5. The van der Waals surface area contributed by atoms with Gasteiger partial charge < -0.3 is 38.2 Å². The van der Waals surface area contributed by atoms with Crippen LogP contribution in [0.15, 0.2) is 0 Å². The van der Waals surface area contributed by atoms with E-state index in [-0.39, 0.29) is 75.0 Å². The first kappa shape index (κ1) is 50.7. The van der Waals surface area contributed by atoms with Crippen molar-refractivity contribution in [3.8, 4) is 0 Å². The zero-order valence-electron chi connectivity index (χ0n) is 35.0. The molecule has 0 heterocycles. The van der Waals surface area contributed by atoms with Crippen LogP contribution in [0.4, 0.5) is 0 Å². The molecular formula is C41H78N2O10. The van der Waals surface area contributed by atoms with Crippen LogP contribution in [0.5, 0.6) is 0 Å². The largest absolute Gasteiger partial charge is 0.461 e. The van der Waals surface area contributed by atoms with Crippen molar-refractivity contribution in [1.29, 1.82) is 0 Å². The number of rotatable bonds is 36. The average molecular weight is 759 g/mol. The van der Waals surface area contributed by atoms with E-state index in [1.165, 1.54) is 14.2 Å². The van der Waals surface area contributed by atoms with Crippen LogP contribution in [0.25, 0.3) is 0 Å². The second kappa shape index (κ2) is 34.2. The number of nitrogens with zero attached hydrogens (tertiary/aromatic N) is 2. The van der Waals surface area contributed by atoms with Gasteiger partial charge in [-0.05, 0) is 78.8 Å². The molecule has 0 amide bonds. The molecule has 12 nitrogen and oxygen atoms in total. The van der Waals surface area contributed by atoms with Crippen LogP contribution in [-0.4, -0.2) is 127 Å². The Morgan fingerprint density at radius 3 is 1.30 bits per heavy atom. The van der Waals surface area contributed by atoms with E-state index in [4.69, 9.17) is 28.4 Å². The number of carbonyl (C=O) groups excluding carboxylic acids is 4. The quantitative estimate of drug-likeness (QED) is 0.0371. The molecule has 0 aromatic carbocycles. The summed E-state index contributed by atoms with van der Waals surface area (Å²) in [5, 5.41) is 0. The highest BCUT2D eigenvalue weighted by molar-refractivity contribution is 5.73. The SMILES string of the molecule is CCCCCCC(C)C(=O)OCC(COC)OC(=O)CCCN(CCCCCN(C)C)CCCC(=O)OC(COC)COC(=O)C(C)CCCCCC. The molecule has 0 aliphatic rings. The summed E-state index contributed by atoms with van der Waals surface area (Å²) in [7, 11) is 7.18. The summed E-state index contributed by atoms with van der Waals surface area (Å²) in [5.74, 6) is -1.67. The van der Waals surface area contributed by atoms with Gasteiger partial charge in [0.25, 0.3) is 0 Å². The van der Waals surface area contributed by atoms with E-state index in [1.807, 2.05) is 13.8 Å². The van der Waals surface area contributed by atoms with Crippen molar-refractivity contribution in [2.45, 2.75) is 149 Å². The van der Waals surface area contributed by atoms with E-state index in [1.54, 1.807) is 0 Å². The van der Waals surface area contributed by atoms with Crippen LogP contribution in [0.3, 0.4) is 0 Å². The molecule has 0 saturated heterocycles. The molecule has 0 spiro atoms. The third-order valence-electron chi connectivity index (χ3n) is 9.20. The predicted octanol–water partition coefficient (Wildman–Crippen LogP) is 7.00. The van der Waals surface area contributed by atoms with Crippen LogP contribution >= 0.6 is 0 Å². The van der Waals surface area contributed by atoms with Crippen LogP contribution < -0.4 is 0 Å². The van der Waals surface area contributed by atoms with Crippen LogP contribution in [0.2, 0.25) is 0 Å². The highest BCUT2D eigenvalue weighted by atomic mass is 16.6. The molecule has 0 saturated carbocycles. The molecule has 4 atom stereocenters. The van der Waals surface area contributed by atoms with Gasteiger partial charge in [0.05, 0.1) is 25.0 Å². The van der Waals surface area contributed by atoms with Crippen molar-refractivity contribution in [3.63, 3.8) is 0 Å². The molecule has 4 unspecified atom stereocenters. The topological polar surface area (TPSA) is 130 Å². The molecular weight excluding hydrogens is 680 g/mol. The average Bonchev–Trinajstić information content (AvgIpc) is 3.12. The number of ether oxygens (including phenoxy) is 6. The Morgan fingerprint density at radius 2 is 0.906 bits per heavy atom. The molecule has 0 aromatic heterocycles. The van der Waals surface area contributed by atoms with Crippen molar-refractivity contribution in [2.75, 3.05) is 80.9 Å². The van der Waals surface area contributed by atoms with E-state index in [9.17, 15) is 19.2 Å². The van der Waals surface area contributed by atoms with Gasteiger partial charge in [-0.3, -0.25) is 19.2 Å². The normalized spacial score (nSPS) is 13.8. The second-order valence-corrected chi connectivity index (χ2v) is 14.8. The summed E-state index contributed by atoms with van der Waals surface area (Å²) in [4.78, 5) is 55.0. The van der Waals surface area contributed by atoms with Gasteiger partial charge in [0, 0.05) is 27.1 Å². The summed E-state index contributed by atoms with van der Waals surface area (Å²) >= 11 is 0. The number of hydrogen-bond donors (Lipinski definition) is 0. The van der Waals surface area contributed by atoms with E-state index in [0.717, 1.165) is 96.6 Å². The van der Waals surface area contributed by atoms with Gasteiger partial charge in [0.2, 0.25) is 0 Å². The third kappa shape index (κ3) is 29.7. The molecule has 0 aromatic rings. The standard InChI is InChI=1S/C41H78N2O10/c1-9-11-13-16-22-34(3)40(46)50-32-36(30-48-7)52-38(44)24-20-28-43(27-19-15-18-26-42(5)6)29-21-25-39(45)53-37(31-49-8)33-51-41(47)35(4)23-17-14-12-10-2/h34-37H,9-33H2,1-8H3. The Kier molecular flexibility index (Phi) is 32.8. The zero-order chi connectivity index (χ0) is 39.7. The fourth-order valence-electron chi connectivity index (χ4n) is 5.89. The van der Waals surface area contributed by atoms with E-state index in [0.29, 0.717) is 25.9 Å². The van der Waals surface area contributed by atoms with Gasteiger partial charge in [0.15, 0.2) is 12.2 Å². The Balaban J connectivity index is 4.88. The number of hydrogen-bond acceptors (Lipinski definition) is 12. The number of methoxy groups -OCH3 is 2. The molecule has 0 rings (SSSR count). The molecule has 0 bridgehead atoms. The van der Waals surface area contributed by atoms with E-state index >= 15 is 0 Å². The molecule has 53 heavy (non-hydrogen) atoms. The molecule has 12 heteroatoms. The Labute approximate surface area is 322 Å². The fourth-order valence-corrected chi connectivity index (χ4v) is 5.89. The Morgan fingerprint density at radius 1 is 0.509 bits per heavy atom. The number of esters is 4. The number of unbranched alkanes of at least 4 members (excludes halogenated alkanes) is 8. The maximum absolute atomic E-state index is 12.8. The summed E-state index contributed by atoms with van der Waals surface area (Å²) in [6.45, 7) is 11.5. The molecule has 0 N–H and O–H groups in total. The first-order chi connectivity index (χ1) is 25.5. The summed E-state index contributed by atoms with van der Waals surface area (Å²) < 4.78 is 32.6. The van der Waals surface area contributed by atoms with Crippen molar-refractivity contribution >= 4 is 23.9 Å². The van der Waals surface area contributed by atoms with Crippen molar-refractivity contribution < 1.29 is 47.6 Å². The molecule has 0 aliphatic heterocycles. The highest BCUT2D eigenvalue weighted by Gasteiger charge is 2.22. The van der Waals surface area contributed by atoms with Crippen LogP contribution in [0.1, 0.15) is 137 Å². The predicted molar refractivity (Wildman–Crippen MR) is 209 cm³/mol. The zero-order valence-corrected chi connectivity index (χ0v) is 35.0. The molecule has 0 radical (unpaired) electrons. The van der Waals surface area contributed by atoms with Gasteiger partial charge >= 0.3 is 23.9 Å².